The van der Waals surface area contributed by atoms with Crippen LogP contribution in [0.3, 0.4) is 0 Å². The standard InChI is InChI=1S/C24H21N3O7/c1-3-12-33-18-10-6-16(7-11-18)22(28)20-21(15-4-8-17(9-5-15)27(31)32)26(24(30)23(20)29)19-13-14(2)34-25-19/h4-11,13,21,28H,3,12H2,1-2H3/t21-/m0/s1. The summed E-state index contributed by atoms with van der Waals surface area (Å²) in [6, 6.07) is 12.3. The molecule has 1 amide bonds. The van der Waals surface area contributed by atoms with E-state index in [1.807, 2.05) is 6.92 Å². The zero-order valence-electron chi connectivity index (χ0n) is 18.4. The molecule has 0 unspecified atom stereocenters. The Bertz CT molecular complexity index is 1280. The van der Waals surface area contributed by atoms with E-state index in [1.165, 1.54) is 30.3 Å². The Hall–Kier alpha value is -4.47. The molecule has 1 atom stereocenters. The quantitative estimate of drug-likeness (QED) is 0.180. The summed E-state index contributed by atoms with van der Waals surface area (Å²) in [5, 5.41) is 26.0. The number of nitrogens with zero attached hydrogens (tertiary/aromatic N) is 3. The van der Waals surface area contributed by atoms with Crippen LogP contribution < -0.4 is 9.64 Å². The van der Waals surface area contributed by atoms with Gasteiger partial charge in [0.1, 0.15) is 17.3 Å². The van der Waals surface area contributed by atoms with Crippen LogP contribution in [-0.2, 0) is 9.59 Å². The predicted octanol–water partition coefficient (Wildman–Crippen LogP) is 4.31. The van der Waals surface area contributed by atoms with Gasteiger partial charge in [0.15, 0.2) is 5.82 Å². The van der Waals surface area contributed by atoms with Crippen LogP contribution in [0.15, 0.2) is 64.7 Å². The lowest BCUT2D eigenvalue weighted by Crippen LogP contribution is -2.29. The highest BCUT2D eigenvalue weighted by molar-refractivity contribution is 6.51. The molecule has 0 bridgehead atoms. The molecule has 10 heteroatoms. The molecule has 3 aromatic rings. The van der Waals surface area contributed by atoms with E-state index in [9.17, 15) is 24.8 Å². The Morgan fingerprint density at radius 1 is 1.18 bits per heavy atom. The summed E-state index contributed by atoms with van der Waals surface area (Å²) in [6.07, 6.45) is 0.835. The number of non-ortho nitro benzene ring substituents is 1. The van der Waals surface area contributed by atoms with Crippen molar-refractivity contribution in [3.05, 3.63) is 87.2 Å². The third-order valence-corrected chi connectivity index (χ3v) is 5.33. The zero-order valence-corrected chi connectivity index (χ0v) is 18.4. The number of anilines is 1. The number of aliphatic hydroxyl groups excluding tert-OH is 1. The normalized spacial score (nSPS) is 17.2. The van der Waals surface area contributed by atoms with Crippen LogP contribution in [0.25, 0.3) is 5.76 Å². The molecule has 1 aliphatic heterocycles. The van der Waals surface area contributed by atoms with Crippen LogP contribution in [0, 0.1) is 17.0 Å². The van der Waals surface area contributed by atoms with Gasteiger partial charge in [-0.2, -0.15) is 0 Å². The number of hydrogen-bond acceptors (Lipinski definition) is 8. The first-order chi connectivity index (χ1) is 16.3. The van der Waals surface area contributed by atoms with Crippen LogP contribution in [0.1, 0.15) is 36.3 Å². The third kappa shape index (κ3) is 4.13. The van der Waals surface area contributed by atoms with Crippen molar-refractivity contribution in [2.75, 3.05) is 11.5 Å². The minimum atomic E-state index is -1.07. The second-order valence-corrected chi connectivity index (χ2v) is 7.69. The summed E-state index contributed by atoms with van der Waals surface area (Å²) in [6.45, 7) is 4.15. The second-order valence-electron chi connectivity index (χ2n) is 7.69. The molecule has 0 radical (unpaired) electrons. The Balaban J connectivity index is 1.84. The average molecular weight is 463 g/mol. The van der Waals surface area contributed by atoms with Gasteiger partial charge in [-0.05, 0) is 55.3 Å². The van der Waals surface area contributed by atoms with Gasteiger partial charge < -0.3 is 14.4 Å². The molecule has 2 heterocycles. The van der Waals surface area contributed by atoms with Crippen molar-refractivity contribution in [2.45, 2.75) is 26.3 Å². The van der Waals surface area contributed by atoms with Crippen molar-refractivity contribution >= 4 is 29.0 Å². The largest absolute Gasteiger partial charge is 0.507 e. The summed E-state index contributed by atoms with van der Waals surface area (Å²) in [5.74, 6) is -1.09. The Morgan fingerprint density at radius 3 is 2.41 bits per heavy atom. The summed E-state index contributed by atoms with van der Waals surface area (Å²) in [4.78, 5) is 37.7. The predicted molar refractivity (Wildman–Crippen MR) is 121 cm³/mol. The van der Waals surface area contributed by atoms with E-state index >= 15 is 0 Å². The number of benzene rings is 2. The van der Waals surface area contributed by atoms with E-state index in [0.717, 1.165) is 11.3 Å². The van der Waals surface area contributed by atoms with E-state index in [4.69, 9.17) is 9.26 Å². The van der Waals surface area contributed by atoms with Crippen molar-refractivity contribution in [1.82, 2.24) is 5.16 Å². The van der Waals surface area contributed by atoms with Crippen LogP contribution in [0.4, 0.5) is 11.5 Å². The van der Waals surface area contributed by atoms with Crippen molar-refractivity contribution in [2.24, 2.45) is 0 Å². The number of aromatic nitrogens is 1. The van der Waals surface area contributed by atoms with E-state index < -0.39 is 22.7 Å². The van der Waals surface area contributed by atoms with Gasteiger partial charge in [-0.25, -0.2) is 0 Å². The van der Waals surface area contributed by atoms with Gasteiger partial charge in [-0.15, -0.1) is 0 Å². The van der Waals surface area contributed by atoms with Gasteiger partial charge in [0.25, 0.3) is 11.5 Å². The third-order valence-electron chi connectivity index (χ3n) is 5.33. The monoisotopic (exact) mass is 463 g/mol. The second kappa shape index (κ2) is 9.18. The fraction of sp³-hybridized carbons (Fsp3) is 0.208. The maximum atomic E-state index is 13.1. The van der Waals surface area contributed by atoms with E-state index in [1.54, 1.807) is 31.2 Å². The highest BCUT2D eigenvalue weighted by Crippen LogP contribution is 2.42. The van der Waals surface area contributed by atoms with Crippen molar-refractivity contribution in [3.8, 4) is 5.75 Å². The highest BCUT2D eigenvalue weighted by atomic mass is 16.6. The molecule has 4 rings (SSSR count). The minimum Gasteiger partial charge on any atom is -0.507 e. The van der Waals surface area contributed by atoms with Gasteiger partial charge >= 0.3 is 5.91 Å². The molecule has 2 aromatic carbocycles. The number of carbonyl (C=O) groups is 2. The number of ether oxygens (including phenoxy) is 1. The number of aryl methyl sites for hydroxylation is 1. The van der Waals surface area contributed by atoms with E-state index in [0.29, 0.717) is 29.2 Å². The lowest BCUT2D eigenvalue weighted by molar-refractivity contribution is -0.384. The molecule has 10 nitrogen and oxygen atoms in total. The molecule has 0 aliphatic carbocycles. The van der Waals surface area contributed by atoms with E-state index in [2.05, 4.69) is 5.16 Å². The molecule has 1 aromatic heterocycles. The van der Waals surface area contributed by atoms with Crippen LogP contribution in [0.2, 0.25) is 0 Å². The number of aliphatic hydroxyl groups is 1. The first kappa shape index (κ1) is 22.7. The van der Waals surface area contributed by atoms with Gasteiger partial charge in [0.2, 0.25) is 0 Å². The number of nitro groups is 1. The van der Waals surface area contributed by atoms with Gasteiger partial charge in [-0.3, -0.25) is 24.6 Å². The van der Waals surface area contributed by atoms with Crippen molar-refractivity contribution < 1.29 is 28.9 Å². The molecule has 0 spiro atoms. The van der Waals surface area contributed by atoms with E-state index in [-0.39, 0.29) is 22.8 Å². The Labute approximate surface area is 194 Å². The Morgan fingerprint density at radius 2 is 1.85 bits per heavy atom. The summed E-state index contributed by atoms with van der Waals surface area (Å²) < 4.78 is 10.6. The molecule has 34 heavy (non-hydrogen) atoms. The number of nitro benzene ring substituents is 1. The topological polar surface area (TPSA) is 136 Å². The number of Topliss-reactive ketones (excluding diaryl/α,β-unsaturated/α-hetero) is 1. The fourth-order valence-electron chi connectivity index (χ4n) is 3.71. The van der Waals surface area contributed by atoms with Crippen LogP contribution in [0.5, 0.6) is 5.75 Å². The molecular weight excluding hydrogens is 442 g/mol. The van der Waals surface area contributed by atoms with Crippen LogP contribution in [-0.4, -0.2) is 33.5 Å². The Kier molecular flexibility index (Phi) is 6.13. The molecular formula is C24H21N3O7. The van der Waals surface area contributed by atoms with Gasteiger partial charge in [-0.1, -0.05) is 12.1 Å². The molecule has 174 valence electrons. The highest BCUT2D eigenvalue weighted by Gasteiger charge is 2.48. The molecule has 1 fully saturated rings. The number of rotatable bonds is 7. The minimum absolute atomic E-state index is 0.0883. The maximum Gasteiger partial charge on any atom is 0.301 e. The fourth-order valence-corrected chi connectivity index (χ4v) is 3.71. The summed E-state index contributed by atoms with van der Waals surface area (Å²) >= 11 is 0. The SMILES string of the molecule is CCCOc1ccc(C(O)=C2C(=O)C(=O)N(c3cc(C)on3)[C@H]2c2ccc([N+](=O)[O-])cc2)cc1. The first-order valence-electron chi connectivity index (χ1n) is 10.5. The lowest BCUT2D eigenvalue weighted by atomic mass is 9.95. The van der Waals surface area contributed by atoms with Crippen LogP contribution >= 0.6 is 0 Å². The number of hydrogen-bond donors (Lipinski definition) is 1. The molecule has 1 aliphatic rings. The molecule has 1 saturated heterocycles. The molecule has 0 saturated carbocycles. The zero-order chi connectivity index (χ0) is 24.4. The average Bonchev–Trinajstić information content (AvgIpc) is 3.38. The van der Waals surface area contributed by atoms with Crippen molar-refractivity contribution in [3.63, 3.8) is 0 Å². The van der Waals surface area contributed by atoms with Gasteiger partial charge in [0, 0.05) is 23.8 Å². The van der Waals surface area contributed by atoms with Crippen molar-refractivity contribution in [1.29, 1.82) is 0 Å². The summed E-state index contributed by atoms with van der Waals surface area (Å²) in [7, 11) is 0. The van der Waals surface area contributed by atoms with Gasteiger partial charge in [0.05, 0.1) is 23.1 Å². The smallest absolute Gasteiger partial charge is 0.301 e. The number of carbonyl (C=O) groups excluding carboxylic acids is 2. The first-order valence-corrected chi connectivity index (χ1v) is 10.5. The maximum absolute atomic E-state index is 13.1. The summed E-state index contributed by atoms with van der Waals surface area (Å²) in [5.41, 5.74) is 0.377. The lowest BCUT2D eigenvalue weighted by Gasteiger charge is -2.22. The number of ketones is 1. The molecule has 1 N–H and O–H groups in total. The number of amides is 1.